The molecule has 1 aromatic rings. The van der Waals surface area contributed by atoms with Crippen molar-refractivity contribution in [3.8, 4) is 0 Å². The van der Waals surface area contributed by atoms with Gasteiger partial charge in [0, 0.05) is 33.9 Å². The molecular weight excluding hydrogens is 280 g/mol. The summed E-state index contributed by atoms with van der Waals surface area (Å²) in [6.45, 7) is 4.78. The van der Waals surface area contributed by atoms with Gasteiger partial charge in [-0.3, -0.25) is 4.79 Å². The van der Waals surface area contributed by atoms with Crippen molar-refractivity contribution in [2.24, 2.45) is 0 Å². The topological polar surface area (TPSA) is 89.7 Å². The number of aromatic nitrogens is 1. The van der Waals surface area contributed by atoms with E-state index in [1.807, 2.05) is 6.92 Å². The minimum atomic E-state index is -0.139. The van der Waals surface area contributed by atoms with Crippen molar-refractivity contribution in [1.82, 2.24) is 9.88 Å². The fourth-order valence-corrected chi connectivity index (χ4v) is 2.35. The van der Waals surface area contributed by atoms with Crippen molar-refractivity contribution in [1.29, 1.82) is 0 Å². The van der Waals surface area contributed by atoms with Crippen LogP contribution >= 0.6 is 11.3 Å². The maximum Gasteiger partial charge on any atom is 0.267 e. The van der Waals surface area contributed by atoms with Gasteiger partial charge in [0.1, 0.15) is 10.7 Å². The molecule has 0 unspecified atom stereocenters. The summed E-state index contributed by atoms with van der Waals surface area (Å²) in [4.78, 5) is 18.4. The molecule has 1 heterocycles. The van der Waals surface area contributed by atoms with E-state index in [2.05, 4.69) is 10.3 Å². The average Bonchev–Trinajstić information content (AvgIpc) is 2.79. The molecule has 0 atom stereocenters. The molecule has 1 aromatic heterocycles. The largest absolute Gasteiger partial charge is 0.383 e. The predicted molar refractivity (Wildman–Crippen MR) is 80.3 cm³/mol. The highest BCUT2D eigenvalue weighted by atomic mass is 32.1. The molecule has 1 amide bonds. The maximum atomic E-state index is 12.2. The highest BCUT2D eigenvalue weighted by Gasteiger charge is 2.19. The Hall–Kier alpha value is -1.38. The molecule has 20 heavy (non-hydrogen) atoms. The molecule has 0 aliphatic carbocycles. The molecule has 7 nitrogen and oxygen atoms in total. The summed E-state index contributed by atoms with van der Waals surface area (Å²) in [5, 5.41) is 3.69. The first-order chi connectivity index (χ1) is 9.60. The van der Waals surface area contributed by atoms with Crippen LogP contribution in [0.5, 0.6) is 0 Å². The minimum Gasteiger partial charge on any atom is -0.383 e. The standard InChI is InChI=1S/C12H22N4O3S/c1-4-19-8-6-16(2)11(17)9-10(13)15-12(20-9)14-5-7-18-3/h4-8,13H2,1-3H3,(H,14,15). The Kier molecular flexibility index (Phi) is 7.27. The third kappa shape index (κ3) is 4.95. The number of amides is 1. The number of anilines is 2. The van der Waals surface area contributed by atoms with Crippen LogP contribution in [0.25, 0.3) is 0 Å². The number of carbonyl (C=O) groups excluding carboxylic acids is 1. The van der Waals surface area contributed by atoms with Gasteiger partial charge in [-0.1, -0.05) is 11.3 Å². The van der Waals surface area contributed by atoms with Crippen LogP contribution in [-0.2, 0) is 9.47 Å². The van der Waals surface area contributed by atoms with Crippen LogP contribution in [0.4, 0.5) is 10.9 Å². The Balaban J connectivity index is 2.58. The Morgan fingerprint density at radius 3 is 2.90 bits per heavy atom. The van der Waals surface area contributed by atoms with E-state index in [-0.39, 0.29) is 11.7 Å². The van der Waals surface area contributed by atoms with Crippen LogP contribution in [0.2, 0.25) is 0 Å². The third-order valence-electron chi connectivity index (χ3n) is 2.55. The van der Waals surface area contributed by atoms with Gasteiger partial charge in [0.15, 0.2) is 5.13 Å². The number of carbonyl (C=O) groups is 1. The van der Waals surface area contributed by atoms with Gasteiger partial charge in [0.05, 0.1) is 13.2 Å². The second-order valence-electron chi connectivity index (χ2n) is 4.08. The van der Waals surface area contributed by atoms with Gasteiger partial charge in [-0.15, -0.1) is 0 Å². The summed E-state index contributed by atoms with van der Waals surface area (Å²) in [6, 6.07) is 0. The summed E-state index contributed by atoms with van der Waals surface area (Å²) in [5.41, 5.74) is 5.79. The number of likely N-dealkylation sites (N-methyl/N-ethyl adjacent to an activating group) is 1. The fraction of sp³-hybridized carbons (Fsp3) is 0.667. The van der Waals surface area contributed by atoms with Gasteiger partial charge < -0.3 is 25.4 Å². The number of ether oxygens (including phenoxy) is 2. The first-order valence-corrected chi connectivity index (χ1v) is 7.24. The molecular formula is C12H22N4O3S. The number of nitrogens with zero attached hydrogens (tertiary/aromatic N) is 2. The van der Waals surface area contributed by atoms with Crippen molar-refractivity contribution in [3.05, 3.63) is 4.88 Å². The number of hydrogen-bond acceptors (Lipinski definition) is 7. The van der Waals surface area contributed by atoms with E-state index >= 15 is 0 Å². The molecule has 8 heteroatoms. The maximum absolute atomic E-state index is 12.2. The van der Waals surface area contributed by atoms with Gasteiger partial charge in [0.25, 0.3) is 5.91 Å². The Bertz CT molecular complexity index is 425. The van der Waals surface area contributed by atoms with Crippen molar-refractivity contribution < 1.29 is 14.3 Å². The van der Waals surface area contributed by atoms with Crippen LogP contribution < -0.4 is 11.1 Å². The van der Waals surface area contributed by atoms with Gasteiger partial charge >= 0.3 is 0 Å². The molecule has 0 aliphatic heterocycles. The van der Waals surface area contributed by atoms with Gasteiger partial charge in [-0.25, -0.2) is 4.98 Å². The lowest BCUT2D eigenvalue weighted by molar-refractivity contribution is 0.0715. The summed E-state index contributed by atoms with van der Waals surface area (Å²) in [6.07, 6.45) is 0. The Morgan fingerprint density at radius 1 is 1.50 bits per heavy atom. The number of hydrogen-bond donors (Lipinski definition) is 2. The lowest BCUT2D eigenvalue weighted by Gasteiger charge is -2.15. The molecule has 114 valence electrons. The van der Waals surface area contributed by atoms with E-state index in [1.165, 1.54) is 11.3 Å². The molecule has 0 aliphatic rings. The summed E-state index contributed by atoms with van der Waals surface area (Å²) in [7, 11) is 3.35. The summed E-state index contributed by atoms with van der Waals surface area (Å²) in [5.74, 6) is 0.114. The molecule has 0 saturated heterocycles. The SMILES string of the molecule is CCOCCN(C)C(=O)c1sc(NCCOC)nc1N. The second-order valence-corrected chi connectivity index (χ2v) is 5.08. The van der Waals surface area contributed by atoms with Crippen molar-refractivity contribution >= 4 is 28.2 Å². The van der Waals surface area contributed by atoms with E-state index < -0.39 is 0 Å². The molecule has 0 saturated carbocycles. The van der Waals surface area contributed by atoms with Crippen LogP contribution in [0.15, 0.2) is 0 Å². The first-order valence-electron chi connectivity index (χ1n) is 6.42. The monoisotopic (exact) mass is 302 g/mol. The lowest BCUT2D eigenvalue weighted by atomic mass is 10.4. The number of methoxy groups -OCH3 is 1. The minimum absolute atomic E-state index is 0.139. The molecule has 0 fully saturated rings. The van der Waals surface area contributed by atoms with E-state index in [9.17, 15) is 4.79 Å². The van der Waals surface area contributed by atoms with E-state index in [4.69, 9.17) is 15.2 Å². The van der Waals surface area contributed by atoms with Crippen molar-refractivity contribution in [2.75, 3.05) is 58.1 Å². The smallest absolute Gasteiger partial charge is 0.267 e. The third-order valence-corrected chi connectivity index (χ3v) is 3.57. The Morgan fingerprint density at radius 2 is 2.25 bits per heavy atom. The summed E-state index contributed by atoms with van der Waals surface area (Å²) >= 11 is 1.25. The van der Waals surface area contributed by atoms with E-state index in [0.29, 0.717) is 42.9 Å². The number of nitrogens with two attached hydrogens (primary N) is 1. The number of rotatable bonds is 9. The zero-order valence-electron chi connectivity index (χ0n) is 12.1. The molecule has 3 N–H and O–H groups in total. The van der Waals surface area contributed by atoms with Gasteiger partial charge in [0.2, 0.25) is 0 Å². The second kappa shape index (κ2) is 8.72. The van der Waals surface area contributed by atoms with Crippen LogP contribution in [0.1, 0.15) is 16.6 Å². The molecule has 0 radical (unpaired) electrons. The zero-order valence-corrected chi connectivity index (χ0v) is 13.0. The van der Waals surface area contributed by atoms with Crippen molar-refractivity contribution in [2.45, 2.75) is 6.92 Å². The zero-order chi connectivity index (χ0) is 15.0. The lowest BCUT2D eigenvalue weighted by Crippen LogP contribution is -2.30. The van der Waals surface area contributed by atoms with Crippen LogP contribution in [0, 0.1) is 0 Å². The number of nitrogen functional groups attached to an aromatic ring is 1. The molecule has 1 rings (SSSR count). The molecule has 0 bridgehead atoms. The highest BCUT2D eigenvalue weighted by Crippen LogP contribution is 2.25. The van der Waals surface area contributed by atoms with Crippen LogP contribution in [-0.4, -0.2) is 62.9 Å². The fourth-order valence-electron chi connectivity index (χ4n) is 1.44. The highest BCUT2D eigenvalue weighted by molar-refractivity contribution is 7.18. The van der Waals surface area contributed by atoms with Crippen LogP contribution in [0.3, 0.4) is 0 Å². The summed E-state index contributed by atoms with van der Waals surface area (Å²) < 4.78 is 10.2. The molecule has 0 spiro atoms. The Labute approximate surface area is 123 Å². The first kappa shape index (κ1) is 16.7. The van der Waals surface area contributed by atoms with E-state index in [0.717, 1.165) is 0 Å². The van der Waals surface area contributed by atoms with Gasteiger partial charge in [-0.05, 0) is 6.92 Å². The number of thiazole rings is 1. The normalized spacial score (nSPS) is 10.6. The number of nitrogens with one attached hydrogen (secondary N) is 1. The average molecular weight is 302 g/mol. The van der Waals surface area contributed by atoms with Crippen molar-refractivity contribution in [3.63, 3.8) is 0 Å². The predicted octanol–water partition coefficient (Wildman–Crippen LogP) is 0.892. The van der Waals surface area contributed by atoms with Gasteiger partial charge in [-0.2, -0.15) is 0 Å². The van der Waals surface area contributed by atoms with E-state index in [1.54, 1.807) is 19.1 Å². The quantitative estimate of drug-likeness (QED) is 0.659. The molecule has 0 aromatic carbocycles.